The Bertz CT molecular complexity index is 795. The highest BCUT2D eigenvalue weighted by Crippen LogP contribution is 2.59. The van der Waals surface area contributed by atoms with E-state index in [0.29, 0.717) is 19.3 Å². The first kappa shape index (κ1) is 16.0. The number of rotatable bonds is 4. The van der Waals surface area contributed by atoms with Crippen LogP contribution in [-0.4, -0.2) is 41.6 Å². The molecule has 2 aliphatic carbocycles. The maximum Gasteiger partial charge on any atom is 0.325 e. The van der Waals surface area contributed by atoms with Gasteiger partial charge >= 0.3 is 6.03 Å². The Balaban J connectivity index is 1.29. The molecule has 3 fully saturated rings. The molecule has 2 heterocycles. The SMILES string of the molecule is CC[C@@H]1NC(=O)N(C2CC(Oc3ccc(C)c4c3C3(CC3)CO4)C2)C1=O. The van der Waals surface area contributed by atoms with Crippen LogP contribution in [0.25, 0.3) is 0 Å². The normalized spacial score (nSPS) is 30.7. The first-order valence-electron chi connectivity index (χ1n) is 9.59. The van der Waals surface area contributed by atoms with Gasteiger partial charge in [-0.05, 0) is 37.8 Å². The standard InChI is InChI=1S/C20H24N2O4/c1-3-14-18(23)22(19(24)21-14)12-8-13(9-12)26-15-5-4-11(2)17-16(15)20(6-7-20)10-25-17/h4-5,12-14H,3,6-10H2,1-2H3,(H,21,24)/t12?,13?,14-/m0/s1. The summed E-state index contributed by atoms with van der Waals surface area (Å²) in [5.74, 6) is 1.82. The molecule has 5 rings (SSSR count). The van der Waals surface area contributed by atoms with E-state index in [1.807, 2.05) is 6.92 Å². The van der Waals surface area contributed by atoms with E-state index in [-0.39, 0.29) is 35.5 Å². The number of urea groups is 1. The highest BCUT2D eigenvalue weighted by molar-refractivity contribution is 6.04. The van der Waals surface area contributed by atoms with Crippen molar-refractivity contribution in [2.45, 2.75) is 69.6 Å². The van der Waals surface area contributed by atoms with Gasteiger partial charge in [0.25, 0.3) is 5.91 Å². The lowest BCUT2D eigenvalue weighted by atomic mass is 9.87. The summed E-state index contributed by atoms with van der Waals surface area (Å²) >= 11 is 0. The van der Waals surface area contributed by atoms with Crippen LogP contribution in [0, 0.1) is 6.92 Å². The predicted octanol–water partition coefficient (Wildman–Crippen LogP) is 2.66. The highest BCUT2D eigenvalue weighted by atomic mass is 16.5. The lowest BCUT2D eigenvalue weighted by Crippen LogP contribution is -2.52. The number of nitrogens with zero attached hydrogens (tertiary/aromatic N) is 1. The number of carbonyl (C=O) groups is 2. The minimum atomic E-state index is -0.366. The maximum absolute atomic E-state index is 12.3. The fourth-order valence-corrected chi connectivity index (χ4v) is 4.48. The Kier molecular flexibility index (Phi) is 3.30. The second-order valence-electron chi connectivity index (χ2n) is 8.14. The van der Waals surface area contributed by atoms with Crippen LogP contribution < -0.4 is 14.8 Å². The van der Waals surface area contributed by atoms with E-state index in [0.717, 1.165) is 36.5 Å². The van der Waals surface area contributed by atoms with E-state index in [1.54, 1.807) is 0 Å². The number of ether oxygens (including phenoxy) is 2. The quantitative estimate of drug-likeness (QED) is 0.842. The molecule has 1 spiro atoms. The van der Waals surface area contributed by atoms with Crippen molar-refractivity contribution in [2.24, 2.45) is 0 Å². The van der Waals surface area contributed by atoms with E-state index < -0.39 is 0 Å². The Morgan fingerprint density at radius 2 is 2.08 bits per heavy atom. The van der Waals surface area contributed by atoms with Gasteiger partial charge in [0.15, 0.2) is 0 Å². The molecule has 2 saturated carbocycles. The fourth-order valence-electron chi connectivity index (χ4n) is 4.48. The van der Waals surface area contributed by atoms with Crippen molar-refractivity contribution in [3.63, 3.8) is 0 Å². The van der Waals surface area contributed by atoms with Gasteiger partial charge in [-0.25, -0.2) is 4.79 Å². The van der Waals surface area contributed by atoms with Crippen molar-refractivity contribution in [3.8, 4) is 11.5 Å². The zero-order valence-corrected chi connectivity index (χ0v) is 15.2. The lowest BCUT2D eigenvalue weighted by molar-refractivity contribution is -0.131. The highest BCUT2D eigenvalue weighted by Gasteiger charge is 2.54. The van der Waals surface area contributed by atoms with Crippen LogP contribution in [0.15, 0.2) is 12.1 Å². The van der Waals surface area contributed by atoms with Crippen molar-refractivity contribution in [1.29, 1.82) is 0 Å². The molecule has 6 nitrogen and oxygen atoms in total. The van der Waals surface area contributed by atoms with Crippen LogP contribution in [0.3, 0.4) is 0 Å². The minimum Gasteiger partial charge on any atom is -0.492 e. The zero-order valence-electron chi connectivity index (χ0n) is 15.2. The van der Waals surface area contributed by atoms with Crippen molar-refractivity contribution < 1.29 is 19.1 Å². The molecule has 0 unspecified atom stereocenters. The molecular formula is C20H24N2O4. The van der Waals surface area contributed by atoms with Crippen molar-refractivity contribution >= 4 is 11.9 Å². The van der Waals surface area contributed by atoms with Crippen molar-refractivity contribution in [2.75, 3.05) is 6.61 Å². The average molecular weight is 356 g/mol. The Morgan fingerprint density at radius 1 is 1.31 bits per heavy atom. The number of benzene rings is 1. The Labute approximate surface area is 152 Å². The van der Waals surface area contributed by atoms with Gasteiger partial charge in [0.2, 0.25) is 0 Å². The van der Waals surface area contributed by atoms with Gasteiger partial charge in [0.05, 0.1) is 6.61 Å². The summed E-state index contributed by atoms with van der Waals surface area (Å²) in [5.41, 5.74) is 2.56. The third-order valence-electron chi connectivity index (χ3n) is 6.38. The molecule has 6 heteroatoms. The molecule has 138 valence electrons. The molecule has 0 aromatic heterocycles. The minimum absolute atomic E-state index is 0.0458. The monoisotopic (exact) mass is 356 g/mol. The topological polar surface area (TPSA) is 67.9 Å². The first-order chi connectivity index (χ1) is 12.5. The molecule has 0 radical (unpaired) electrons. The second kappa shape index (κ2) is 5.38. The summed E-state index contributed by atoms with van der Waals surface area (Å²) in [6.45, 7) is 4.75. The van der Waals surface area contributed by atoms with Crippen LogP contribution in [0.1, 0.15) is 50.2 Å². The smallest absolute Gasteiger partial charge is 0.325 e. The summed E-state index contributed by atoms with van der Waals surface area (Å²) in [6, 6.07) is 3.43. The van der Waals surface area contributed by atoms with E-state index in [1.165, 1.54) is 10.5 Å². The largest absolute Gasteiger partial charge is 0.492 e. The molecule has 0 bridgehead atoms. The number of aryl methyl sites for hydroxylation is 1. The maximum atomic E-state index is 12.3. The molecule has 4 aliphatic rings. The molecule has 1 saturated heterocycles. The van der Waals surface area contributed by atoms with Crippen LogP contribution in [0.4, 0.5) is 4.79 Å². The molecule has 1 atom stereocenters. The van der Waals surface area contributed by atoms with Crippen LogP contribution in [0.2, 0.25) is 0 Å². The molecule has 1 aromatic rings. The van der Waals surface area contributed by atoms with Crippen LogP contribution >= 0.6 is 0 Å². The molecule has 1 N–H and O–H groups in total. The summed E-state index contributed by atoms with van der Waals surface area (Å²) in [5, 5.41) is 2.76. The summed E-state index contributed by atoms with van der Waals surface area (Å²) in [4.78, 5) is 25.8. The second-order valence-corrected chi connectivity index (χ2v) is 8.14. The van der Waals surface area contributed by atoms with Gasteiger partial charge in [-0.2, -0.15) is 0 Å². The number of fused-ring (bicyclic) bond motifs is 2. The fraction of sp³-hybridized carbons (Fsp3) is 0.600. The van der Waals surface area contributed by atoms with Gasteiger partial charge in [-0.1, -0.05) is 13.0 Å². The lowest BCUT2D eigenvalue weighted by Gasteiger charge is -2.39. The van der Waals surface area contributed by atoms with Crippen molar-refractivity contribution in [3.05, 3.63) is 23.3 Å². The van der Waals surface area contributed by atoms with Gasteiger partial charge < -0.3 is 14.8 Å². The Hall–Kier alpha value is -2.24. The summed E-state index contributed by atoms with van der Waals surface area (Å²) < 4.78 is 12.2. The van der Waals surface area contributed by atoms with Crippen molar-refractivity contribution in [1.82, 2.24) is 10.2 Å². The van der Waals surface area contributed by atoms with E-state index >= 15 is 0 Å². The summed E-state index contributed by atoms with van der Waals surface area (Å²) in [6.07, 6.45) is 4.40. The van der Waals surface area contributed by atoms with E-state index in [2.05, 4.69) is 24.4 Å². The third kappa shape index (κ3) is 2.17. The third-order valence-corrected chi connectivity index (χ3v) is 6.38. The molecule has 26 heavy (non-hydrogen) atoms. The summed E-state index contributed by atoms with van der Waals surface area (Å²) in [7, 11) is 0. The molecular weight excluding hydrogens is 332 g/mol. The van der Waals surface area contributed by atoms with Gasteiger partial charge in [0, 0.05) is 29.9 Å². The molecule has 1 aromatic carbocycles. The number of imide groups is 1. The number of amides is 3. The average Bonchev–Trinajstić information content (AvgIpc) is 3.18. The first-order valence-corrected chi connectivity index (χ1v) is 9.59. The molecule has 2 aliphatic heterocycles. The van der Waals surface area contributed by atoms with E-state index in [4.69, 9.17) is 9.47 Å². The van der Waals surface area contributed by atoms with Gasteiger partial charge in [-0.3, -0.25) is 9.69 Å². The van der Waals surface area contributed by atoms with E-state index in [9.17, 15) is 9.59 Å². The predicted molar refractivity (Wildman–Crippen MR) is 94.5 cm³/mol. The van der Waals surface area contributed by atoms with Gasteiger partial charge in [-0.15, -0.1) is 0 Å². The van der Waals surface area contributed by atoms with Crippen LogP contribution in [0.5, 0.6) is 11.5 Å². The number of carbonyl (C=O) groups excluding carboxylic acids is 2. The zero-order chi connectivity index (χ0) is 18.1. The molecule has 3 amide bonds. The Morgan fingerprint density at radius 3 is 2.73 bits per heavy atom. The number of hydrogen-bond donors (Lipinski definition) is 1. The van der Waals surface area contributed by atoms with Gasteiger partial charge in [0.1, 0.15) is 23.6 Å². The van der Waals surface area contributed by atoms with Crippen LogP contribution in [-0.2, 0) is 10.2 Å². The number of nitrogens with one attached hydrogen (secondary N) is 1. The number of hydrogen-bond acceptors (Lipinski definition) is 4.